The highest BCUT2D eigenvalue weighted by Crippen LogP contribution is 2.23. The van der Waals surface area contributed by atoms with Crippen LogP contribution in [-0.4, -0.2) is 36.1 Å². The molecule has 0 spiro atoms. The van der Waals surface area contributed by atoms with Crippen molar-refractivity contribution >= 4 is 16.6 Å². The number of aryl methyl sites for hydroxylation is 2. The highest BCUT2D eigenvalue weighted by molar-refractivity contribution is 5.91. The lowest BCUT2D eigenvalue weighted by Crippen LogP contribution is -2.28. The number of fused-ring (bicyclic) bond motifs is 1. The number of rotatable bonds is 6. The van der Waals surface area contributed by atoms with Crippen molar-refractivity contribution < 1.29 is 0 Å². The van der Waals surface area contributed by atoms with Crippen molar-refractivity contribution in [1.82, 2.24) is 9.88 Å². The van der Waals surface area contributed by atoms with Gasteiger partial charge in [0.2, 0.25) is 0 Å². The SMILES string of the molecule is CCN(CC)CCNc1cc(C)cc2ccc(C)nc12. The molecular formula is C17H25N3. The fraction of sp³-hybridized carbons (Fsp3) is 0.471. The number of pyridine rings is 1. The molecule has 0 saturated carbocycles. The van der Waals surface area contributed by atoms with Gasteiger partial charge >= 0.3 is 0 Å². The van der Waals surface area contributed by atoms with E-state index in [1.165, 1.54) is 10.9 Å². The van der Waals surface area contributed by atoms with E-state index >= 15 is 0 Å². The third kappa shape index (κ3) is 3.48. The second-order valence-corrected chi connectivity index (χ2v) is 5.29. The zero-order chi connectivity index (χ0) is 14.5. The zero-order valence-electron chi connectivity index (χ0n) is 13.0. The highest BCUT2D eigenvalue weighted by Gasteiger charge is 2.05. The Morgan fingerprint density at radius 2 is 1.85 bits per heavy atom. The molecular weight excluding hydrogens is 246 g/mol. The Balaban J connectivity index is 2.18. The largest absolute Gasteiger partial charge is 0.382 e. The molecule has 3 heteroatoms. The van der Waals surface area contributed by atoms with Gasteiger partial charge in [-0.1, -0.05) is 19.9 Å². The fourth-order valence-corrected chi connectivity index (χ4v) is 2.51. The maximum atomic E-state index is 4.68. The summed E-state index contributed by atoms with van der Waals surface area (Å²) in [6.45, 7) is 12.8. The molecule has 0 atom stereocenters. The van der Waals surface area contributed by atoms with Gasteiger partial charge in [-0.3, -0.25) is 4.98 Å². The van der Waals surface area contributed by atoms with Crippen molar-refractivity contribution in [2.75, 3.05) is 31.5 Å². The molecule has 1 N–H and O–H groups in total. The van der Waals surface area contributed by atoms with Gasteiger partial charge in [-0.05, 0) is 50.7 Å². The van der Waals surface area contributed by atoms with E-state index in [1.54, 1.807) is 0 Å². The van der Waals surface area contributed by atoms with E-state index in [-0.39, 0.29) is 0 Å². The minimum atomic E-state index is 0.954. The van der Waals surface area contributed by atoms with Crippen molar-refractivity contribution in [2.24, 2.45) is 0 Å². The van der Waals surface area contributed by atoms with Crippen molar-refractivity contribution in [3.63, 3.8) is 0 Å². The van der Waals surface area contributed by atoms with Crippen molar-refractivity contribution in [1.29, 1.82) is 0 Å². The first-order valence-corrected chi connectivity index (χ1v) is 7.48. The Bertz CT molecular complexity index is 574. The standard InChI is InChI=1S/C17H25N3/c1-5-20(6-2)10-9-18-16-12-13(3)11-15-8-7-14(4)19-17(15)16/h7-8,11-12,18H,5-6,9-10H2,1-4H3. The first kappa shape index (κ1) is 14.8. The van der Waals surface area contributed by atoms with Crippen LogP contribution < -0.4 is 5.32 Å². The molecule has 1 aromatic heterocycles. The number of nitrogens with zero attached hydrogens (tertiary/aromatic N) is 2. The second-order valence-electron chi connectivity index (χ2n) is 5.29. The summed E-state index contributed by atoms with van der Waals surface area (Å²) in [7, 11) is 0. The highest BCUT2D eigenvalue weighted by atomic mass is 15.1. The number of benzene rings is 1. The van der Waals surface area contributed by atoms with Gasteiger partial charge in [0.1, 0.15) is 0 Å². The van der Waals surface area contributed by atoms with Gasteiger partial charge in [0.15, 0.2) is 0 Å². The number of hydrogen-bond donors (Lipinski definition) is 1. The van der Waals surface area contributed by atoms with Crippen LogP contribution in [0.15, 0.2) is 24.3 Å². The number of nitrogens with one attached hydrogen (secondary N) is 1. The fourth-order valence-electron chi connectivity index (χ4n) is 2.51. The molecule has 108 valence electrons. The molecule has 1 aromatic carbocycles. The molecule has 2 rings (SSSR count). The van der Waals surface area contributed by atoms with Crippen molar-refractivity contribution in [2.45, 2.75) is 27.7 Å². The molecule has 0 aliphatic heterocycles. The van der Waals surface area contributed by atoms with Crippen LogP contribution in [0.3, 0.4) is 0 Å². The third-order valence-corrected chi connectivity index (χ3v) is 3.71. The summed E-state index contributed by atoms with van der Waals surface area (Å²) < 4.78 is 0. The molecule has 0 aliphatic carbocycles. The number of likely N-dealkylation sites (N-methyl/N-ethyl adjacent to an activating group) is 1. The van der Waals surface area contributed by atoms with E-state index < -0.39 is 0 Å². The molecule has 1 heterocycles. The summed E-state index contributed by atoms with van der Waals surface area (Å²) >= 11 is 0. The van der Waals surface area contributed by atoms with Crippen LogP contribution >= 0.6 is 0 Å². The molecule has 0 unspecified atom stereocenters. The normalized spacial score (nSPS) is 11.2. The molecule has 3 nitrogen and oxygen atoms in total. The average molecular weight is 271 g/mol. The van der Waals surface area contributed by atoms with Crippen LogP contribution in [0, 0.1) is 13.8 Å². The molecule has 0 radical (unpaired) electrons. The van der Waals surface area contributed by atoms with Gasteiger partial charge in [0, 0.05) is 24.2 Å². The third-order valence-electron chi connectivity index (χ3n) is 3.71. The van der Waals surface area contributed by atoms with Crippen LogP contribution in [0.5, 0.6) is 0 Å². The predicted molar refractivity (Wildman–Crippen MR) is 87.5 cm³/mol. The minimum Gasteiger partial charge on any atom is -0.382 e. The topological polar surface area (TPSA) is 28.2 Å². The van der Waals surface area contributed by atoms with Gasteiger partial charge in [0.25, 0.3) is 0 Å². The summed E-state index contributed by atoms with van der Waals surface area (Å²) in [6, 6.07) is 8.61. The van der Waals surface area contributed by atoms with Crippen molar-refractivity contribution in [3.8, 4) is 0 Å². The van der Waals surface area contributed by atoms with Gasteiger partial charge in [-0.2, -0.15) is 0 Å². The maximum absolute atomic E-state index is 4.68. The van der Waals surface area contributed by atoms with Crippen molar-refractivity contribution in [3.05, 3.63) is 35.5 Å². The molecule has 0 aliphatic rings. The van der Waals surface area contributed by atoms with Crippen LogP contribution in [-0.2, 0) is 0 Å². The smallest absolute Gasteiger partial charge is 0.0936 e. The molecule has 0 saturated heterocycles. The van der Waals surface area contributed by atoms with E-state index in [0.717, 1.165) is 43.1 Å². The zero-order valence-corrected chi connectivity index (χ0v) is 13.0. The Kier molecular flexibility index (Phi) is 4.96. The quantitative estimate of drug-likeness (QED) is 0.870. The number of anilines is 1. The Morgan fingerprint density at radius 1 is 1.10 bits per heavy atom. The van der Waals surface area contributed by atoms with E-state index in [4.69, 9.17) is 0 Å². The Hall–Kier alpha value is -1.61. The van der Waals surface area contributed by atoms with Crippen LogP contribution in [0.2, 0.25) is 0 Å². The van der Waals surface area contributed by atoms with Gasteiger partial charge in [-0.25, -0.2) is 0 Å². The first-order valence-electron chi connectivity index (χ1n) is 7.48. The lowest BCUT2D eigenvalue weighted by atomic mass is 10.1. The van der Waals surface area contributed by atoms with E-state index in [9.17, 15) is 0 Å². The lowest BCUT2D eigenvalue weighted by Gasteiger charge is -2.19. The molecule has 0 fully saturated rings. The Labute approximate surface area is 122 Å². The van der Waals surface area contributed by atoms with E-state index in [0.29, 0.717) is 0 Å². The maximum Gasteiger partial charge on any atom is 0.0936 e. The van der Waals surface area contributed by atoms with Gasteiger partial charge in [0.05, 0.1) is 11.2 Å². The summed E-state index contributed by atoms with van der Waals surface area (Å²) in [5, 5.41) is 4.76. The lowest BCUT2D eigenvalue weighted by molar-refractivity contribution is 0.316. The Morgan fingerprint density at radius 3 is 2.55 bits per heavy atom. The first-order chi connectivity index (χ1) is 9.63. The monoisotopic (exact) mass is 271 g/mol. The minimum absolute atomic E-state index is 0.954. The number of aromatic nitrogens is 1. The van der Waals surface area contributed by atoms with E-state index in [1.807, 2.05) is 6.92 Å². The number of hydrogen-bond acceptors (Lipinski definition) is 3. The molecule has 20 heavy (non-hydrogen) atoms. The summed E-state index contributed by atoms with van der Waals surface area (Å²) in [4.78, 5) is 7.10. The summed E-state index contributed by atoms with van der Waals surface area (Å²) in [6.07, 6.45) is 0. The van der Waals surface area contributed by atoms with E-state index in [2.05, 4.69) is 60.2 Å². The molecule has 2 aromatic rings. The van der Waals surface area contributed by atoms with Crippen LogP contribution in [0.25, 0.3) is 10.9 Å². The van der Waals surface area contributed by atoms with Gasteiger partial charge < -0.3 is 10.2 Å². The van der Waals surface area contributed by atoms with Gasteiger partial charge in [-0.15, -0.1) is 0 Å². The average Bonchev–Trinajstić information content (AvgIpc) is 2.44. The summed E-state index contributed by atoms with van der Waals surface area (Å²) in [5.41, 5.74) is 4.56. The molecule has 0 amide bonds. The van der Waals surface area contributed by atoms with Crippen LogP contribution in [0.1, 0.15) is 25.1 Å². The molecule has 0 bridgehead atoms. The predicted octanol–water partition coefficient (Wildman–Crippen LogP) is 3.61. The summed E-state index contributed by atoms with van der Waals surface area (Å²) in [5.74, 6) is 0. The second kappa shape index (κ2) is 6.71. The van der Waals surface area contributed by atoms with Crippen LogP contribution in [0.4, 0.5) is 5.69 Å².